The Balaban J connectivity index is 2.69. The van der Waals surface area contributed by atoms with Crippen molar-refractivity contribution in [2.75, 3.05) is 0 Å². The van der Waals surface area contributed by atoms with Gasteiger partial charge in [0.25, 0.3) is 0 Å². The van der Waals surface area contributed by atoms with Crippen LogP contribution in [0, 0.1) is 13.8 Å². The average molecular weight is 245 g/mol. The Morgan fingerprint density at radius 3 is 2.60 bits per heavy atom. The summed E-state index contributed by atoms with van der Waals surface area (Å²) in [7, 11) is 0. The monoisotopic (exact) mass is 244 g/mol. The Labute approximate surface area is 99.6 Å². The fourth-order valence-corrected chi connectivity index (χ4v) is 1.38. The van der Waals surface area contributed by atoms with Crippen LogP contribution >= 0.6 is 23.2 Å². The van der Waals surface area contributed by atoms with E-state index in [4.69, 9.17) is 25.9 Å². The van der Waals surface area contributed by atoms with E-state index in [1.165, 1.54) is 4.68 Å². The van der Waals surface area contributed by atoms with Crippen LogP contribution in [-0.4, -0.2) is 20.0 Å². The van der Waals surface area contributed by atoms with E-state index in [2.05, 4.69) is 15.3 Å². The number of aryl methyl sites for hydroxylation is 1. The highest BCUT2D eigenvalue weighted by atomic mass is 35.5. The fraction of sp³-hybridized carbons (Fsp3) is 0.222. The minimum Gasteiger partial charge on any atom is -0.216 e. The molecule has 0 saturated carbocycles. The van der Waals surface area contributed by atoms with Crippen molar-refractivity contribution >= 4 is 23.2 Å². The number of aromatic nitrogens is 4. The molecule has 0 atom stereocenters. The second-order valence-electron chi connectivity index (χ2n) is 2.96. The molecule has 0 fully saturated rings. The molecule has 0 aromatic carbocycles. The van der Waals surface area contributed by atoms with Crippen LogP contribution in [0.3, 0.4) is 0 Å². The van der Waals surface area contributed by atoms with Crippen molar-refractivity contribution in [3.8, 4) is 5.82 Å². The molecule has 2 aromatic heterocycles. The molecule has 0 unspecified atom stereocenters. The van der Waals surface area contributed by atoms with Crippen molar-refractivity contribution in [1.82, 2.24) is 20.0 Å². The first-order valence-corrected chi connectivity index (χ1v) is 4.90. The van der Waals surface area contributed by atoms with Gasteiger partial charge in [-0.15, -0.1) is 10.2 Å². The molecule has 0 amide bonds. The Morgan fingerprint density at radius 1 is 1.27 bits per heavy atom. The van der Waals surface area contributed by atoms with Gasteiger partial charge < -0.3 is 0 Å². The van der Waals surface area contributed by atoms with Gasteiger partial charge in [-0.3, -0.25) is 0 Å². The Bertz CT molecular complexity index is 597. The molecule has 2 aromatic rings. The molecule has 0 radical (unpaired) electrons. The highest BCUT2D eigenvalue weighted by Gasteiger charge is 2.11. The van der Waals surface area contributed by atoms with Crippen LogP contribution in [0.25, 0.3) is 5.82 Å². The zero-order chi connectivity index (χ0) is 12.7. The third-order valence-electron chi connectivity index (χ3n) is 1.91. The molecule has 78 valence electrons. The highest BCUT2D eigenvalue weighted by molar-refractivity contribution is 6.31. The van der Waals surface area contributed by atoms with Gasteiger partial charge in [0, 0.05) is 0 Å². The molecule has 15 heavy (non-hydrogen) atoms. The van der Waals surface area contributed by atoms with Crippen molar-refractivity contribution in [2.24, 2.45) is 0 Å². The van der Waals surface area contributed by atoms with Gasteiger partial charge in [0.05, 0.1) is 19.2 Å². The fourth-order valence-electron chi connectivity index (χ4n) is 1.17. The SMILES string of the molecule is [2H]c1c(Cl)nnc(-n2nc(C)c(Cl)c2C)c1[2H]. The second kappa shape index (κ2) is 3.79. The number of hydrogen-bond acceptors (Lipinski definition) is 3. The van der Waals surface area contributed by atoms with Gasteiger partial charge in [-0.25, -0.2) is 4.68 Å². The van der Waals surface area contributed by atoms with E-state index in [0.29, 0.717) is 16.4 Å². The summed E-state index contributed by atoms with van der Waals surface area (Å²) in [6.07, 6.45) is 0. The van der Waals surface area contributed by atoms with Crippen LogP contribution in [0.1, 0.15) is 14.1 Å². The number of rotatable bonds is 1. The lowest BCUT2D eigenvalue weighted by Crippen LogP contribution is -2.02. The number of nitrogens with zero attached hydrogens (tertiary/aromatic N) is 4. The van der Waals surface area contributed by atoms with Gasteiger partial charge in [0.1, 0.15) is 0 Å². The Hall–Kier alpha value is -1.13. The molecule has 2 rings (SSSR count). The summed E-state index contributed by atoms with van der Waals surface area (Å²) in [4.78, 5) is 0. The lowest BCUT2D eigenvalue weighted by atomic mass is 10.4. The van der Waals surface area contributed by atoms with Crippen molar-refractivity contribution < 1.29 is 2.74 Å². The van der Waals surface area contributed by atoms with Gasteiger partial charge >= 0.3 is 0 Å². The summed E-state index contributed by atoms with van der Waals surface area (Å²) in [6.45, 7) is 3.50. The van der Waals surface area contributed by atoms with Crippen molar-refractivity contribution in [2.45, 2.75) is 13.8 Å². The standard InChI is InChI=1S/C9H8Cl2N4/c1-5-9(11)6(2)15(14-5)8-4-3-7(10)12-13-8/h3-4H,1-2H3/i3D,4D. The van der Waals surface area contributed by atoms with Crippen molar-refractivity contribution in [1.29, 1.82) is 0 Å². The lowest BCUT2D eigenvalue weighted by molar-refractivity contribution is 0.782. The second-order valence-corrected chi connectivity index (χ2v) is 3.70. The van der Waals surface area contributed by atoms with E-state index >= 15 is 0 Å². The Kier molecular flexibility index (Phi) is 2.04. The average Bonchev–Trinajstić information content (AvgIpc) is 2.54. The van der Waals surface area contributed by atoms with Gasteiger partial charge in [-0.05, 0) is 25.9 Å². The number of halogens is 2. The first kappa shape index (κ1) is 8.07. The molecule has 2 heterocycles. The minimum atomic E-state index is -0.180. The number of hydrogen-bond donors (Lipinski definition) is 0. The third kappa shape index (κ3) is 1.82. The quantitative estimate of drug-likeness (QED) is 0.775. The molecule has 0 aliphatic carbocycles. The third-order valence-corrected chi connectivity index (χ3v) is 2.63. The largest absolute Gasteiger partial charge is 0.216 e. The van der Waals surface area contributed by atoms with E-state index < -0.39 is 0 Å². The molecule has 0 spiro atoms. The van der Waals surface area contributed by atoms with Crippen LogP contribution in [0.2, 0.25) is 10.2 Å². The maximum atomic E-state index is 7.77. The molecule has 0 saturated heterocycles. The molecule has 6 heteroatoms. The predicted octanol–water partition coefficient (Wildman–Crippen LogP) is 2.59. The molecular formula is C9H8Cl2N4. The molecule has 0 aliphatic rings. The van der Waals surface area contributed by atoms with E-state index in [0.717, 1.165) is 0 Å². The summed E-state index contributed by atoms with van der Waals surface area (Å²) in [5, 5.41) is 11.9. The van der Waals surface area contributed by atoms with E-state index in [1.807, 2.05) is 0 Å². The first-order chi connectivity index (χ1) is 7.93. The summed E-state index contributed by atoms with van der Waals surface area (Å²) in [5.74, 6) is 0.145. The van der Waals surface area contributed by atoms with Crippen LogP contribution < -0.4 is 0 Å². The topological polar surface area (TPSA) is 43.6 Å². The van der Waals surface area contributed by atoms with E-state index in [-0.39, 0.29) is 23.1 Å². The van der Waals surface area contributed by atoms with Crippen LogP contribution in [0.5, 0.6) is 0 Å². The summed E-state index contributed by atoms with van der Waals surface area (Å²) < 4.78 is 16.7. The molecule has 0 N–H and O–H groups in total. The molecule has 0 bridgehead atoms. The Morgan fingerprint density at radius 2 is 2.00 bits per heavy atom. The van der Waals surface area contributed by atoms with Crippen molar-refractivity contribution in [3.63, 3.8) is 0 Å². The predicted molar refractivity (Wildman–Crippen MR) is 58.6 cm³/mol. The highest BCUT2D eigenvalue weighted by Crippen LogP contribution is 2.21. The zero-order valence-electron chi connectivity index (χ0n) is 10.0. The molecule has 4 nitrogen and oxygen atoms in total. The lowest BCUT2D eigenvalue weighted by Gasteiger charge is -2.01. The van der Waals surface area contributed by atoms with Crippen LogP contribution in [0.15, 0.2) is 12.1 Å². The smallest absolute Gasteiger partial charge is 0.176 e. The van der Waals surface area contributed by atoms with Gasteiger partial charge in [-0.2, -0.15) is 5.10 Å². The van der Waals surface area contributed by atoms with Crippen LogP contribution in [-0.2, 0) is 0 Å². The van der Waals surface area contributed by atoms with E-state index in [9.17, 15) is 0 Å². The molecular weight excluding hydrogens is 235 g/mol. The van der Waals surface area contributed by atoms with Gasteiger partial charge in [-0.1, -0.05) is 23.2 Å². The van der Waals surface area contributed by atoms with Gasteiger partial charge in [0.15, 0.2) is 11.0 Å². The first-order valence-electron chi connectivity index (χ1n) is 5.15. The maximum absolute atomic E-state index is 7.77. The van der Waals surface area contributed by atoms with Gasteiger partial charge in [0.2, 0.25) is 0 Å². The maximum Gasteiger partial charge on any atom is 0.176 e. The summed E-state index contributed by atoms with van der Waals surface area (Å²) >= 11 is 11.6. The zero-order valence-corrected chi connectivity index (χ0v) is 9.56. The van der Waals surface area contributed by atoms with Crippen LogP contribution in [0.4, 0.5) is 0 Å². The van der Waals surface area contributed by atoms with Crippen molar-refractivity contribution in [3.05, 3.63) is 33.6 Å². The summed E-state index contributed by atoms with van der Waals surface area (Å²) in [6, 6.07) is -0.312. The minimum absolute atomic E-state index is 0.105. The summed E-state index contributed by atoms with van der Waals surface area (Å²) in [5.41, 5.74) is 1.28. The normalized spacial score (nSPS) is 12.5. The van der Waals surface area contributed by atoms with E-state index in [1.54, 1.807) is 13.8 Å². The molecule has 0 aliphatic heterocycles.